The van der Waals surface area contributed by atoms with Crippen LogP contribution in [0.1, 0.15) is 12.0 Å². The van der Waals surface area contributed by atoms with Crippen LogP contribution in [0, 0.1) is 10.1 Å². The van der Waals surface area contributed by atoms with Crippen LogP contribution in [0.15, 0.2) is 6.20 Å². The van der Waals surface area contributed by atoms with E-state index < -0.39 is 40.5 Å². The van der Waals surface area contributed by atoms with Crippen molar-refractivity contribution in [1.29, 1.82) is 0 Å². The quantitative estimate of drug-likeness (QED) is 0.518. The third kappa shape index (κ3) is 2.93. The van der Waals surface area contributed by atoms with Crippen LogP contribution >= 0.6 is 0 Å². The van der Waals surface area contributed by atoms with E-state index in [-0.39, 0.29) is 6.20 Å². The minimum absolute atomic E-state index is 0.286. The number of nitro groups is 1. The van der Waals surface area contributed by atoms with Gasteiger partial charge in [0.15, 0.2) is 0 Å². The molecule has 1 aromatic heterocycles. The fraction of sp³-hybridized carbons (Fsp3) is 0.286. The number of ether oxygens (including phenoxy) is 1. The first kappa shape index (κ1) is 13.9. The van der Waals surface area contributed by atoms with Crippen molar-refractivity contribution in [3.8, 4) is 5.88 Å². The van der Waals surface area contributed by atoms with Crippen LogP contribution in [0.25, 0.3) is 0 Å². The average Bonchev–Trinajstić information content (AvgIpc) is 2.13. The fourth-order valence-corrected chi connectivity index (χ4v) is 1.05. The highest BCUT2D eigenvalue weighted by molar-refractivity contribution is 5.67. The van der Waals surface area contributed by atoms with E-state index in [1.807, 2.05) is 0 Å². The zero-order chi connectivity index (χ0) is 14.1. The lowest BCUT2D eigenvalue weighted by molar-refractivity contribution is -0.388. The molecule has 0 bridgehead atoms. The lowest BCUT2D eigenvalue weighted by Crippen LogP contribution is -2.19. The van der Waals surface area contributed by atoms with Crippen molar-refractivity contribution in [2.24, 2.45) is 0 Å². The van der Waals surface area contributed by atoms with E-state index in [2.05, 4.69) is 9.72 Å². The number of hydrogen-bond donors (Lipinski definition) is 1. The topological polar surface area (TPSA) is 91.3 Å². The zero-order valence-corrected chi connectivity index (χ0v) is 8.24. The molecule has 2 N–H and O–H groups in total. The molecule has 100 valence electrons. The van der Waals surface area contributed by atoms with Gasteiger partial charge in [-0.3, -0.25) is 10.1 Å². The number of nitrogen functional groups attached to an aromatic ring is 1. The molecule has 0 unspecified atom stereocenters. The van der Waals surface area contributed by atoms with Crippen molar-refractivity contribution in [2.45, 2.75) is 12.8 Å². The maximum atomic E-state index is 12.3. The van der Waals surface area contributed by atoms with Crippen molar-refractivity contribution >= 4 is 11.4 Å². The van der Waals surface area contributed by atoms with Crippen molar-refractivity contribution in [3.05, 3.63) is 21.9 Å². The second-order valence-electron chi connectivity index (χ2n) is 2.89. The highest BCUT2D eigenvalue weighted by atomic mass is 19.4. The molecule has 0 saturated heterocycles. The summed E-state index contributed by atoms with van der Waals surface area (Å²) < 4.78 is 63.6. The fourth-order valence-electron chi connectivity index (χ4n) is 1.05. The zero-order valence-electron chi connectivity index (χ0n) is 8.24. The summed E-state index contributed by atoms with van der Waals surface area (Å²) in [6.07, 6.45) is -8.18. The molecule has 0 atom stereocenters. The second-order valence-corrected chi connectivity index (χ2v) is 2.89. The smallest absolute Gasteiger partial charge is 0.393 e. The van der Waals surface area contributed by atoms with Crippen LogP contribution in [0.5, 0.6) is 5.88 Å². The van der Waals surface area contributed by atoms with Gasteiger partial charge in [-0.25, -0.2) is 13.8 Å². The van der Waals surface area contributed by atoms with Gasteiger partial charge in [0.25, 0.3) is 6.43 Å². The van der Waals surface area contributed by atoms with E-state index in [0.717, 1.165) is 0 Å². The van der Waals surface area contributed by atoms with Gasteiger partial charge in [-0.15, -0.1) is 13.2 Å². The van der Waals surface area contributed by atoms with Gasteiger partial charge in [0.2, 0.25) is 0 Å². The molecule has 1 rings (SSSR count). The predicted octanol–water partition coefficient (Wildman–Crippen LogP) is 2.41. The van der Waals surface area contributed by atoms with E-state index >= 15 is 0 Å². The molecule has 0 amide bonds. The molecule has 0 aromatic carbocycles. The van der Waals surface area contributed by atoms with Crippen molar-refractivity contribution < 1.29 is 31.6 Å². The van der Waals surface area contributed by atoms with Crippen LogP contribution in [0.4, 0.5) is 33.3 Å². The Morgan fingerprint density at radius 3 is 2.39 bits per heavy atom. The van der Waals surface area contributed by atoms with E-state index in [1.54, 1.807) is 0 Å². The van der Waals surface area contributed by atoms with Gasteiger partial charge in [-0.1, -0.05) is 0 Å². The maximum Gasteiger partial charge on any atom is 0.574 e. The molecular weight excluding hydrogens is 269 g/mol. The Balaban J connectivity index is 3.37. The van der Waals surface area contributed by atoms with Gasteiger partial charge in [-0.2, -0.15) is 0 Å². The van der Waals surface area contributed by atoms with Gasteiger partial charge in [0, 0.05) is 6.20 Å². The van der Waals surface area contributed by atoms with Gasteiger partial charge < -0.3 is 10.5 Å². The molecule has 1 heterocycles. The summed E-state index contributed by atoms with van der Waals surface area (Å²) in [5.41, 5.74) is 1.38. The summed E-state index contributed by atoms with van der Waals surface area (Å²) in [5.74, 6) is -1.49. The first-order valence-electron chi connectivity index (χ1n) is 4.10. The Hall–Kier alpha value is -2.20. The molecule has 18 heavy (non-hydrogen) atoms. The van der Waals surface area contributed by atoms with Crippen LogP contribution in [-0.2, 0) is 0 Å². The summed E-state index contributed by atoms with van der Waals surface area (Å²) in [4.78, 5) is 11.9. The Kier molecular flexibility index (Phi) is 3.53. The SMILES string of the molecule is Nc1c(C(F)F)cnc(OC(F)(F)F)c1[N+](=O)[O-]. The average molecular weight is 273 g/mol. The lowest BCUT2D eigenvalue weighted by Gasteiger charge is -2.10. The second kappa shape index (κ2) is 4.58. The molecule has 1 aromatic rings. The number of halogens is 5. The predicted molar refractivity (Wildman–Crippen MR) is 46.9 cm³/mol. The summed E-state index contributed by atoms with van der Waals surface area (Å²) in [6, 6.07) is 0. The summed E-state index contributed by atoms with van der Waals surface area (Å²) in [5, 5.41) is 10.5. The summed E-state index contributed by atoms with van der Waals surface area (Å²) >= 11 is 0. The number of alkyl halides is 5. The van der Waals surface area contributed by atoms with E-state index in [0.29, 0.717) is 0 Å². The van der Waals surface area contributed by atoms with Crippen molar-refractivity contribution in [1.82, 2.24) is 4.98 Å². The van der Waals surface area contributed by atoms with Gasteiger partial charge in [-0.05, 0) is 0 Å². The monoisotopic (exact) mass is 273 g/mol. The number of pyridine rings is 1. The van der Waals surface area contributed by atoms with Crippen LogP contribution in [0.3, 0.4) is 0 Å². The Morgan fingerprint density at radius 1 is 1.44 bits per heavy atom. The highest BCUT2D eigenvalue weighted by Crippen LogP contribution is 2.39. The number of aromatic nitrogens is 1. The van der Waals surface area contributed by atoms with Crippen LogP contribution in [-0.4, -0.2) is 16.3 Å². The molecule has 11 heteroatoms. The molecular formula is C7H4F5N3O3. The van der Waals surface area contributed by atoms with E-state index in [9.17, 15) is 32.1 Å². The van der Waals surface area contributed by atoms with Crippen LogP contribution in [0.2, 0.25) is 0 Å². The van der Waals surface area contributed by atoms with Crippen molar-refractivity contribution in [3.63, 3.8) is 0 Å². The molecule has 6 nitrogen and oxygen atoms in total. The van der Waals surface area contributed by atoms with Gasteiger partial charge >= 0.3 is 17.9 Å². The first-order chi connectivity index (χ1) is 8.13. The normalized spacial score (nSPS) is 11.7. The van der Waals surface area contributed by atoms with E-state index in [4.69, 9.17) is 5.73 Å². The minimum atomic E-state index is -5.25. The highest BCUT2D eigenvalue weighted by Gasteiger charge is 2.37. The summed E-state index contributed by atoms with van der Waals surface area (Å²) in [6.45, 7) is 0. The summed E-state index contributed by atoms with van der Waals surface area (Å²) in [7, 11) is 0. The molecule has 0 aliphatic rings. The molecule has 0 saturated carbocycles. The number of nitrogens with two attached hydrogens (primary N) is 1. The molecule has 0 aliphatic heterocycles. The number of anilines is 1. The minimum Gasteiger partial charge on any atom is -0.393 e. The Morgan fingerprint density at radius 2 is 2.00 bits per heavy atom. The molecule has 0 spiro atoms. The number of rotatable bonds is 3. The molecule has 0 aliphatic carbocycles. The lowest BCUT2D eigenvalue weighted by atomic mass is 10.2. The standard InChI is InChI=1S/C7H4F5N3O3/c8-5(9)2-1-14-6(18-7(10,11)12)4(3(2)13)15(16)17/h1,5H,(H2,13,14). The maximum absolute atomic E-state index is 12.3. The van der Waals surface area contributed by atoms with Crippen molar-refractivity contribution in [2.75, 3.05) is 5.73 Å². The molecule has 0 fully saturated rings. The van der Waals surface area contributed by atoms with Gasteiger partial charge in [0.05, 0.1) is 10.5 Å². The van der Waals surface area contributed by atoms with Gasteiger partial charge in [0.1, 0.15) is 5.69 Å². The Labute approximate surface area is 95.3 Å². The number of nitrogens with zero attached hydrogens (tertiary/aromatic N) is 2. The largest absolute Gasteiger partial charge is 0.574 e. The first-order valence-corrected chi connectivity index (χ1v) is 4.10. The third-order valence-corrected chi connectivity index (χ3v) is 1.72. The Bertz CT molecular complexity index is 476. The van der Waals surface area contributed by atoms with Crippen LogP contribution < -0.4 is 10.5 Å². The third-order valence-electron chi connectivity index (χ3n) is 1.72. The number of hydrogen-bond acceptors (Lipinski definition) is 5. The van der Waals surface area contributed by atoms with E-state index in [1.165, 1.54) is 0 Å². The molecule has 0 radical (unpaired) electrons.